The number of aliphatic carboxylic acids is 1. The predicted molar refractivity (Wildman–Crippen MR) is 125 cm³/mol. The topological polar surface area (TPSA) is 101 Å². The number of nitrogens with one attached hydrogen (secondary N) is 2. The van der Waals surface area contributed by atoms with Crippen LogP contribution in [0.15, 0.2) is 12.1 Å². The van der Waals surface area contributed by atoms with E-state index in [0.717, 1.165) is 63.0 Å². The molecular weight excluding hydrogens is 406 g/mol. The highest BCUT2D eigenvalue weighted by Crippen LogP contribution is 2.34. The van der Waals surface area contributed by atoms with Crippen LogP contribution in [0.4, 0.5) is 5.82 Å². The van der Waals surface area contributed by atoms with Gasteiger partial charge in [0.1, 0.15) is 11.9 Å². The smallest absolute Gasteiger partial charge is 0.326 e. The lowest BCUT2D eigenvalue weighted by atomic mass is 9.79. The van der Waals surface area contributed by atoms with Crippen molar-refractivity contribution in [2.75, 3.05) is 18.5 Å². The van der Waals surface area contributed by atoms with E-state index in [-0.39, 0.29) is 12.0 Å². The van der Waals surface area contributed by atoms with Gasteiger partial charge in [0.2, 0.25) is 5.91 Å². The van der Waals surface area contributed by atoms with Crippen LogP contribution in [0.2, 0.25) is 0 Å². The molecule has 1 fully saturated rings. The van der Waals surface area contributed by atoms with Crippen LogP contribution in [0, 0.1) is 11.8 Å². The summed E-state index contributed by atoms with van der Waals surface area (Å²) >= 11 is 0. The van der Waals surface area contributed by atoms with Gasteiger partial charge in [0, 0.05) is 31.7 Å². The highest BCUT2D eigenvalue weighted by Gasteiger charge is 2.30. The number of carbonyl (C=O) groups excluding carboxylic acids is 1. The molecule has 2 aliphatic rings. The zero-order valence-corrected chi connectivity index (χ0v) is 19.6. The number of fused-ring (bicyclic) bond motifs is 1. The first kappa shape index (κ1) is 24.5. The molecule has 0 spiro atoms. The maximum Gasteiger partial charge on any atom is 0.326 e. The van der Waals surface area contributed by atoms with Gasteiger partial charge in [-0.3, -0.25) is 4.79 Å². The van der Waals surface area contributed by atoms with Gasteiger partial charge in [0.25, 0.3) is 0 Å². The van der Waals surface area contributed by atoms with E-state index in [9.17, 15) is 14.7 Å². The lowest BCUT2D eigenvalue weighted by molar-refractivity contribution is -0.143. The quantitative estimate of drug-likeness (QED) is 0.425. The molecule has 1 aliphatic heterocycles. The minimum atomic E-state index is -0.995. The Hall–Kier alpha value is -2.15. The maximum atomic E-state index is 12.1. The van der Waals surface area contributed by atoms with Crippen LogP contribution in [0.5, 0.6) is 0 Å². The zero-order valence-electron chi connectivity index (χ0n) is 19.6. The van der Waals surface area contributed by atoms with Crippen molar-refractivity contribution in [2.24, 2.45) is 11.8 Å². The number of carbonyl (C=O) groups is 2. The number of carboxylic acid groups (broad SMARTS) is 1. The predicted octanol–water partition coefficient (Wildman–Crippen LogP) is 3.95. The number of amides is 1. The molecule has 3 N–H and O–H groups in total. The molecule has 1 amide bonds. The summed E-state index contributed by atoms with van der Waals surface area (Å²) in [6.45, 7) is 5.47. The van der Waals surface area contributed by atoms with Crippen LogP contribution < -0.4 is 10.6 Å². The third-order valence-corrected chi connectivity index (χ3v) is 6.98. The first-order valence-corrected chi connectivity index (χ1v) is 12.3. The molecular formula is C25H39N3O4. The molecule has 0 unspecified atom stereocenters. The number of nitrogens with zero attached hydrogens (tertiary/aromatic N) is 1. The molecule has 2 heterocycles. The Morgan fingerprint density at radius 1 is 1.28 bits per heavy atom. The number of anilines is 1. The lowest BCUT2D eigenvalue weighted by Gasteiger charge is -2.35. The Bertz CT molecular complexity index is 760. The van der Waals surface area contributed by atoms with Crippen LogP contribution in [0.1, 0.15) is 76.5 Å². The summed E-state index contributed by atoms with van der Waals surface area (Å²) in [5, 5.41) is 15.5. The average molecular weight is 446 g/mol. The average Bonchev–Trinajstić information content (AvgIpc) is 2.77. The van der Waals surface area contributed by atoms with E-state index >= 15 is 0 Å². The molecule has 1 atom stereocenters. The number of ether oxygens (including phenoxy) is 1. The van der Waals surface area contributed by atoms with Crippen molar-refractivity contribution >= 4 is 17.7 Å². The SMILES string of the molecule is CCC(CC)CC(=O)N[C@@H](CCO[C@H]1C[C@@H](CCc2ccc3c(n2)NCCC3)C1)C(=O)O. The number of aromatic nitrogens is 1. The van der Waals surface area contributed by atoms with Gasteiger partial charge in [-0.2, -0.15) is 0 Å². The van der Waals surface area contributed by atoms with Crippen LogP contribution >= 0.6 is 0 Å². The highest BCUT2D eigenvalue weighted by molar-refractivity contribution is 5.83. The van der Waals surface area contributed by atoms with Crippen molar-refractivity contribution in [3.05, 3.63) is 23.4 Å². The minimum Gasteiger partial charge on any atom is -0.480 e. The Morgan fingerprint density at radius 3 is 2.78 bits per heavy atom. The van der Waals surface area contributed by atoms with Crippen molar-refractivity contribution in [1.29, 1.82) is 0 Å². The molecule has 1 aromatic heterocycles. The van der Waals surface area contributed by atoms with Crippen LogP contribution in [0.25, 0.3) is 0 Å². The molecule has 178 valence electrons. The van der Waals surface area contributed by atoms with Gasteiger partial charge >= 0.3 is 5.97 Å². The third kappa shape index (κ3) is 7.19. The molecule has 0 radical (unpaired) electrons. The number of pyridine rings is 1. The van der Waals surface area contributed by atoms with Gasteiger partial charge in [-0.25, -0.2) is 9.78 Å². The molecule has 1 saturated carbocycles. The zero-order chi connectivity index (χ0) is 22.9. The van der Waals surface area contributed by atoms with Gasteiger partial charge < -0.3 is 20.5 Å². The molecule has 32 heavy (non-hydrogen) atoms. The van der Waals surface area contributed by atoms with Gasteiger partial charge in [0.15, 0.2) is 0 Å². The lowest BCUT2D eigenvalue weighted by Crippen LogP contribution is -2.42. The minimum absolute atomic E-state index is 0.180. The number of hydrogen-bond acceptors (Lipinski definition) is 5. The van der Waals surface area contributed by atoms with Crippen LogP contribution in [0.3, 0.4) is 0 Å². The first-order valence-electron chi connectivity index (χ1n) is 12.3. The molecule has 1 aliphatic carbocycles. The summed E-state index contributed by atoms with van der Waals surface area (Å²) in [4.78, 5) is 28.4. The second-order valence-corrected chi connectivity index (χ2v) is 9.34. The normalized spacial score (nSPS) is 20.7. The van der Waals surface area contributed by atoms with Gasteiger partial charge in [-0.1, -0.05) is 32.8 Å². The van der Waals surface area contributed by atoms with Gasteiger partial charge in [0.05, 0.1) is 6.10 Å². The Balaban J connectivity index is 1.31. The highest BCUT2D eigenvalue weighted by atomic mass is 16.5. The molecule has 0 bridgehead atoms. The molecule has 3 rings (SSSR count). The van der Waals surface area contributed by atoms with Crippen molar-refractivity contribution in [3.63, 3.8) is 0 Å². The van der Waals surface area contributed by atoms with Crippen molar-refractivity contribution in [2.45, 2.75) is 90.2 Å². The summed E-state index contributed by atoms with van der Waals surface area (Å²) in [6, 6.07) is 3.48. The number of carboxylic acids is 1. The second-order valence-electron chi connectivity index (χ2n) is 9.34. The third-order valence-electron chi connectivity index (χ3n) is 6.98. The summed E-state index contributed by atoms with van der Waals surface area (Å²) in [5.74, 6) is 0.829. The monoisotopic (exact) mass is 445 g/mol. The van der Waals surface area contributed by atoms with Crippen molar-refractivity contribution in [3.8, 4) is 0 Å². The second kappa shape index (κ2) is 12.2. The summed E-state index contributed by atoms with van der Waals surface area (Å²) in [7, 11) is 0. The maximum absolute atomic E-state index is 12.1. The van der Waals surface area contributed by atoms with E-state index < -0.39 is 12.0 Å². The molecule has 0 aromatic carbocycles. The Kier molecular flexibility index (Phi) is 9.33. The Morgan fingerprint density at radius 2 is 2.06 bits per heavy atom. The molecule has 7 nitrogen and oxygen atoms in total. The summed E-state index contributed by atoms with van der Waals surface area (Å²) < 4.78 is 5.88. The molecule has 0 saturated heterocycles. The van der Waals surface area contributed by atoms with E-state index in [4.69, 9.17) is 9.72 Å². The van der Waals surface area contributed by atoms with Gasteiger partial charge in [-0.15, -0.1) is 0 Å². The number of rotatable bonds is 13. The number of hydrogen-bond donors (Lipinski definition) is 3. The van der Waals surface area contributed by atoms with E-state index in [1.54, 1.807) is 0 Å². The fourth-order valence-corrected chi connectivity index (χ4v) is 4.61. The van der Waals surface area contributed by atoms with Crippen molar-refractivity contribution in [1.82, 2.24) is 10.3 Å². The van der Waals surface area contributed by atoms with E-state index in [0.29, 0.717) is 31.3 Å². The number of aryl methyl sites for hydroxylation is 2. The van der Waals surface area contributed by atoms with Crippen LogP contribution in [-0.2, 0) is 27.2 Å². The fraction of sp³-hybridized carbons (Fsp3) is 0.720. The Labute approximate surface area is 191 Å². The summed E-state index contributed by atoms with van der Waals surface area (Å²) in [5.41, 5.74) is 2.47. The van der Waals surface area contributed by atoms with E-state index in [1.165, 1.54) is 12.0 Å². The van der Waals surface area contributed by atoms with Gasteiger partial charge in [-0.05, 0) is 62.0 Å². The fourth-order valence-electron chi connectivity index (χ4n) is 4.61. The molecule has 7 heteroatoms. The first-order chi connectivity index (χ1) is 15.5. The van der Waals surface area contributed by atoms with E-state index in [1.807, 2.05) is 0 Å². The van der Waals surface area contributed by atoms with Crippen molar-refractivity contribution < 1.29 is 19.4 Å². The largest absolute Gasteiger partial charge is 0.480 e. The summed E-state index contributed by atoms with van der Waals surface area (Å²) in [6.07, 6.45) is 9.15. The molecule has 1 aromatic rings. The van der Waals surface area contributed by atoms with E-state index in [2.05, 4.69) is 36.6 Å². The standard InChI is InChI=1S/C25H39N3O4/c1-3-17(4-2)16-23(29)28-22(25(30)31)11-13-32-21-14-18(15-21)7-9-20-10-8-19-6-5-12-26-24(19)27-20/h8,10,17-18,21-22H,3-7,9,11-16H2,1-2H3,(H,26,27)(H,28,29)(H,30,31)/t18-,21+,22-/m0/s1. The van der Waals surface area contributed by atoms with Crippen LogP contribution in [-0.4, -0.2) is 47.3 Å².